The predicted octanol–water partition coefficient (Wildman–Crippen LogP) is 8.16. The highest BCUT2D eigenvalue weighted by Crippen LogP contribution is 2.57. The summed E-state index contributed by atoms with van der Waals surface area (Å²) in [7, 11) is -2.27. The molecule has 16 heteroatoms. The Morgan fingerprint density at radius 1 is 1.04 bits per heavy atom. The highest BCUT2D eigenvalue weighted by molar-refractivity contribution is 7.90. The Morgan fingerprint density at radius 3 is 2.54 bits per heavy atom. The van der Waals surface area contributed by atoms with Gasteiger partial charge in [0.2, 0.25) is 27.7 Å². The number of ketones is 1. The number of rotatable bonds is 13. The summed E-state index contributed by atoms with van der Waals surface area (Å²) >= 11 is 1.52. The topological polar surface area (TPSA) is 180 Å². The average Bonchev–Trinajstić information content (AvgIpc) is 4.08. The molecule has 2 aromatic carbocycles. The number of Topliss-reactive ketones (excluding diaryl/α,β-unsaturated/α-hetero) is 1. The van der Waals surface area contributed by atoms with E-state index in [4.69, 9.17) is 28.9 Å². The van der Waals surface area contributed by atoms with Crippen LogP contribution < -0.4 is 18.9 Å². The normalized spacial score (nSPS) is 25.7. The van der Waals surface area contributed by atoms with Crippen molar-refractivity contribution in [2.24, 2.45) is 28.6 Å². The summed E-state index contributed by atoms with van der Waals surface area (Å²) in [5.41, 5.74) is 1.57. The van der Waals surface area contributed by atoms with Crippen molar-refractivity contribution in [3.05, 3.63) is 77.8 Å². The van der Waals surface area contributed by atoms with Gasteiger partial charge >= 0.3 is 5.97 Å². The SMILES string of the molecule is C=C[C@@H]1C[C@]1(CC(=O)[C@@H]1C[C@@H]2CN1C(=O)[C@H](C1CCCC1)CC(=O)OCC(C)(C)CCCc1cc3c(cc(OCc4csc(-c5ccccc5)n4)nc3cc1OC)O2)C(=O)NS(=O)(=O)C1CC1. The van der Waals surface area contributed by atoms with Crippen LogP contribution in [0, 0.1) is 28.6 Å². The van der Waals surface area contributed by atoms with Crippen molar-refractivity contribution in [1.29, 1.82) is 0 Å². The molecule has 0 spiro atoms. The lowest BCUT2D eigenvalue weighted by molar-refractivity contribution is -0.153. The van der Waals surface area contributed by atoms with Crippen LogP contribution in [0.25, 0.3) is 21.5 Å². The van der Waals surface area contributed by atoms with Crippen molar-refractivity contribution in [3.63, 3.8) is 0 Å². The van der Waals surface area contributed by atoms with Gasteiger partial charge in [0.1, 0.15) is 29.2 Å². The molecule has 3 saturated carbocycles. The molecule has 4 bridgehead atoms. The quantitative estimate of drug-likeness (QED) is 0.101. The van der Waals surface area contributed by atoms with Crippen LogP contribution in [0.3, 0.4) is 0 Å². The van der Waals surface area contributed by atoms with Gasteiger partial charge in [0.25, 0.3) is 0 Å². The third-order valence-electron chi connectivity index (χ3n) is 14.5. The second-order valence-electron chi connectivity index (χ2n) is 20.0. The first-order valence-corrected chi connectivity index (χ1v) is 26.1. The van der Waals surface area contributed by atoms with Gasteiger partial charge in [-0.25, -0.2) is 18.4 Å². The highest BCUT2D eigenvalue weighted by Gasteiger charge is 2.61. The summed E-state index contributed by atoms with van der Waals surface area (Å²) in [5.74, 6) is -1.71. The Labute approximate surface area is 396 Å². The first-order valence-electron chi connectivity index (χ1n) is 23.6. The number of nitrogens with zero attached hydrogens (tertiary/aromatic N) is 3. The lowest BCUT2D eigenvalue weighted by Gasteiger charge is -2.31. The van der Waals surface area contributed by atoms with Crippen LogP contribution in [-0.4, -0.2) is 84.5 Å². The van der Waals surface area contributed by atoms with Gasteiger partial charge in [-0.05, 0) is 80.2 Å². The molecule has 4 fully saturated rings. The zero-order valence-electron chi connectivity index (χ0n) is 38.5. The minimum Gasteiger partial charge on any atom is -0.496 e. The maximum atomic E-state index is 15.1. The molecule has 67 heavy (non-hydrogen) atoms. The Bertz CT molecular complexity index is 2660. The fourth-order valence-electron chi connectivity index (χ4n) is 10.3. The van der Waals surface area contributed by atoms with Crippen LogP contribution >= 0.6 is 11.3 Å². The maximum Gasteiger partial charge on any atom is 0.306 e. The molecule has 4 aromatic rings. The molecule has 5 atom stereocenters. The lowest BCUT2D eigenvalue weighted by atomic mass is 9.85. The van der Waals surface area contributed by atoms with E-state index in [1.807, 2.05) is 47.8 Å². The van der Waals surface area contributed by atoms with Crippen molar-refractivity contribution in [3.8, 4) is 28.0 Å². The minimum atomic E-state index is -3.89. The number of carbonyl (C=O) groups is 4. The molecule has 356 valence electrons. The largest absolute Gasteiger partial charge is 0.496 e. The van der Waals surface area contributed by atoms with E-state index in [-0.39, 0.29) is 74.3 Å². The van der Waals surface area contributed by atoms with E-state index in [0.29, 0.717) is 41.7 Å². The number of carbonyl (C=O) groups excluding carboxylic acids is 4. The third kappa shape index (κ3) is 10.3. The van der Waals surface area contributed by atoms with Crippen LogP contribution in [0.1, 0.15) is 102 Å². The lowest BCUT2D eigenvalue weighted by Crippen LogP contribution is -2.47. The van der Waals surface area contributed by atoms with Crippen LogP contribution in [0.5, 0.6) is 17.4 Å². The monoisotopic (exact) mass is 952 g/mol. The van der Waals surface area contributed by atoms with Crippen molar-refractivity contribution in [1.82, 2.24) is 19.6 Å². The van der Waals surface area contributed by atoms with Crippen LogP contribution in [-0.2, 0) is 47.0 Å². The maximum absolute atomic E-state index is 15.1. The molecule has 5 aliphatic rings. The van der Waals surface area contributed by atoms with E-state index in [1.54, 1.807) is 24.2 Å². The number of hydrogen-bond donors (Lipinski definition) is 1. The second kappa shape index (κ2) is 19.0. The number of ether oxygens (including phenoxy) is 4. The van der Waals surface area contributed by atoms with E-state index >= 15 is 4.79 Å². The molecular formula is C51H60N4O10S2. The van der Waals surface area contributed by atoms with Gasteiger partial charge in [-0.1, -0.05) is 63.1 Å². The summed E-state index contributed by atoms with van der Waals surface area (Å²) in [4.78, 5) is 68.8. The number of allylic oxidation sites excluding steroid dienone is 1. The fourth-order valence-corrected chi connectivity index (χ4v) is 12.5. The standard InChI is InChI=1S/C51H60N4O10S2/c1-5-34-25-51(34,49(59)54-67(60,61)37-17-18-37)26-42(56)41-21-36-27-55(41)48(58)38(31-12-9-10-13-31)22-46(57)64-30-50(2,3)19-11-16-33-20-39-40(23-43(33)62-4)53-45(24-44(39)65-36)63-28-35-29-66-47(52-35)32-14-7-6-8-15-32/h5-8,14-15,20,23-24,29,31,34,36-38,41H,1,9-13,16-19,21-22,25-28,30H2,2-4H3,(H,54,59)/t34-,36-,38+,41+,51-/m1/s1. The fraction of sp³-hybridized carbons (Fsp3) is 0.529. The Hall–Kier alpha value is -5.35. The van der Waals surface area contributed by atoms with E-state index in [9.17, 15) is 22.8 Å². The van der Waals surface area contributed by atoms with Gasteiger partial charge < -0.3 is 23.8 Å². The number of thiazole rings is 1. The molecule has 3 aliphatic carbocycles. The number of nitrogens with one attached hydrogen (secondary N) is 1. The molecular weight excluding hydrogens is 893 g/mol. The van der Waals surface area contributed by atoms with Crippen molar-refractivity contribution < 1.29 is 46.5 Å². The molecule has 1 N–H and O–H groups in total. The number of aryl methyl sites for hydroxylation is 1. The predicted molar refractivity (Wildman–Crippen MR) is 253 cm³/mol. The molecule has 2 aromatic heterocycles. The summed E-state index contributed by atoms with van der Waals surface area (Å²) < 4.78 is 53.3. The second-order valence-corrected chi connectivity index (χ2v) is 22.8. The first kappa shape index (κ1) is 46.7. The van der Waals surface area contributed by atoms with E-state index in [2.05, 4.69) is 25.1 Å². The Morgan fingerprint density at radius 2 is 1.82 bits per heavy atom. The Balaban J connectivity index is 1.07. The number of sulfonamides is 1. The van der Waals surface area contributed by atoms with Gasteiger partial charge in [0, 0.05) is 41.3 Å². The number of benzene rings is 2. The van der Waals surface area contributed by atoms with Crippen LogP contribution in [0.2, 0.25) is 0 Å². The first-order chi connectivity index (χ1) is 32.1. The average molecular weight is 953 g/mol. The number of esters is 1. The molecule has 1 saturated heterocycles. The van der Waals surface area contributed by atoms with Gasteiger partial charge in [-0.3, -0.25) is 23.9 Å². The van der Waals surface area contributed by atoms with E-state index < -0.39 is 56.5 Å². The third-order valence-corrected chi connectivity index (χ3v) is 17.2. The van der Waals surface area contributed by atoms with Crippen LogP contribution in [0.15, 0.2) is 66.6 Å². The molecule has 9 rings (SSSR count). The number of pyridine rings is 1. The minimum absolute atomic E-state index is 0.0325. The number of aromatic nitrogens is 2. The van der Waals surface area contributed by atoms with Gasteiger partial charge in [-0.15, -0.1) is 17.9 Å². The van der Waals surface area contributed by atoms with Gasteiger partial charge in [-0.2, -0.15) is 0 Å². The summed E-state index contributed by atoms with van der Waals surface area (Å²) in [5, 5.41) is 2.90. The van der Waals surface area contributed by atoms with Crippen molar-refractivity contribution in [2.45, 2.75) is 121 Å². The number of cyclic esters (lactones) is 1. The summed E-state index contributed by atoms with van der Waals surface area (Å²) in [6.45, 7) is 8.37. The number of amides is 2. The number of fused-ring (bicyclic) bond motifs is 3. The molecule has 0 unspecified atom stereocenters. The van der Waals surface area contributed by atoms with E-state index in [1.165, 1.54) is 11.3 Å². The van der Waals surface area contributed by atoms with Gasteiger partial charge in [0.15, 0.2) is 5.78 Å². The molecule has 14 nitrogen and oxygen atoms in total. The smallest absolute Gasteiger partial charge is 0.306 e. The van der Waals surface area contributed by atoms with Gasteiger partial charge in [0.05, 0.1) is 60.5 Å². The molecule has 2 amide bonds. The highest BCUT2D eigenvalue weighted by atomic mass is 32.2. The number of methoxy groups -OCH3 is 1. The Kier molecular flexibility index (Phi) is 13.2. The summed E-state index contributed by atoms with van der Waals surface area (Å²) in [6, 6.07) is 14.5. The zero-order valence-corrected chi connectivity index (χ0v) is 40.1. The number of hydrogen-bond acceptors (Lipinski definition) is 13. The van der Waals surface area contributed by atoms with Crippen LogP contribution in [0.4, 0.5) is 0 Å². The summed E-state index contributed by atoms with van der Waals surface area (Å²) in [6.07, 6.45) is 7.39. The molecule has 0 radical (unpaired) electrons. The zero-order chi connectivity index (χ0) is 47.1. The van der Waals surface area contributed by atoms with Crippen molar-refractivity contribution in [2.75, 3.05) is 20.3 Å². The molecule has 2 aliphatic heterocycles. The van der Waals surface area contributed by atoms with Crippen molar-refractivity contribution >= 4 is 55.8 Å². The van der Waals surface area contributed by atoms with E-state index in [0.717, 1.165) is 60.4 Å². The molecule has 4 heterocycles.